The Kier molecular flexibility index (Phi) is 2.78. The molecular weight excluding hydrogens is 224 g/mol. The van der Waals surface area contributed by atoms with Crippen molar-refractivity contribution in [1.29, 1.82) is 0 Å². The van der Waals surface area contributed by atoms with E-state index in [1.165, 1.54) is 10.6 Å². The van der Waals surface area contributed by atoms with Crippen molar-refractivity contribution in [3.63, 3.8) is 0 Å². The lowest BCUT2D eigenvalue weighted by Gasteiger charge is -2.05. The van der Waals surface area contributed by atoms with E-state index in [2.05, 4.69) is 9.72 Å². The summed E-state index contributed by atoms with van der Waals surface area (Å²) in [7, 11) is 0. The monoisotopic (exact) mass is 234 g/mol. The Bertz CT molecular complexity index is 633. The molecule has 1 N–H and O–H groups in total. The summed E-state index contributed by atoms with van der Waals surface area (Å²) in [4.78, 5) is 27.2. The van der Waals surface area contributed by atoms with Crippen LogP contribution in [0.5, 0.6) is 5.88 Å². The van der Waals surface area contributed by atoms with Crippen LogP contribution in [-0.2, 0) is 4.74 Å². The van der Waals surface area contributed by atoms with Gasteiger partial charge in [0.15, 0.2) is 5.56 Å². The highest BCUT2D eigenvalue weighted by Gasteiger charge is 2.20. The quantitative estimate of drug-likeness (QED) is 0.768. The van der Waals surface area contributed by atoms with Crippen molar-refractivity contribution >= 4 is 11.6 Å². The number of aromatic nitrogens is 2. The molecule has 6 heteroatoms. The second kappa shape index (κ2) is 4.25. The third-order valence-corrected chi connectivity index (χ3v) is 2.19. The fourth-order valence-corrected chi connectivity index (χ4v) is 1.46. The second-order valence-corrected chi connectivity index (χ2v) is 3.26. The number of carbonyl (C=O) groups excluding carboxylic acids is 1. The summed E-state index contributed by atoms with van der Waals surface area (Å²) in [5, 5.41) is 9.56. The molecule has 0 aliphatic heterocycles. The number of ether oxygens (including phenoxy) is 1. The number of pyridine rings is 1. The predicted molar refractivity (Wildman–Crippen MR) is 59.1 cm³/mol. The third-order valence-electron chi connectivity index (χ3n) is 2.19. The molecule has 2 heterocycles. The molecule has 0 spiro atoms. The van der Waals surface area contributed by atoms with Crippen LogP contribution in [0.1, 0.15) is 17.3 Å². The van der Waals surface area contributed by atoms with Crippen LogP contribution in [0, 0.1) is 0 Å². The van der Waals surface area contributed by atoms with Crippen LogP contribution in [0.3, 0.4) is 0 Å². The van der Waals surface area contributed by atoms with Gasteiger partial charge in [-0.3, -0.25) is 9.20 Å². The van der Waals surface area contributed by atoms with E-state index in [-0.39, 0.29) is 12.3 Å². The number of hydrogen-bond donors (Lipinski definition) is 1. The van der Waals surface area contributed by atoms with Gasteiger partial charge in [-0.1, -0.05) is 6.07 Å². The van der Waals surface area contributed by atoms with Crippen molar-refractivity contribution in [2.24, 2.45) is 0 Å². The minimum absolute atomic E-state index is 0.120. The second-order valence-electron chi connectivity index (χ2n) is 3.26. The summed E-state index contributed by atoms with van der Waals surface area (Å²) in [6, 6.07) is 4.85. The molecule has 0 saturated heterocycles. The Morgan fingerprint density at radius 2 is 2.29 bits per heavy atom. The molecule has 2 aromatic heterocycles. The predicted octanol–water partition coefficient (Wildman–Crippen LogP) is 0.577. The highest BCUT2D eigenvalue weighted by molar-refractivity contribution is 5.91. The summed E-state index contributed by atoms with van der Waals surface area (Å²) in [6.07, 6.45) is 1.47. The summed E-state index contributed by atoms with van der Waals surface area (Å²) >= 11 is 0. The van der Waals surface area contributed by atoms with Gasteiger partial charge in [0, 0.05) is 6.20 Å². The number of nitrogens with zero attached hydrogens (tertiary/aromatic N) is 2. The van der Waals surface area contributed by atoms with Crippen molar-refractivity contribution in [2.75, 3.05) is 6.61 Å². The smallest absolute Gasteiger partial charge is 0.349 e. The maximum atomic E-state index is 11.9. The molecule has 0 radical (unpaired) electrons. The first-order valence-corrected chi connectivity index (χ1v) is 5.02. The van der Waals surface area contributed by atoms with Gasteiger partial charge in [0.2, 0.25) is 5.88 Å². The van der Waals surface area contributed by atoms with E-state index in [1.807, 2.05) is 0 Å². The van der Waals surface area contributed by atoms with E-state index in [9.17, 15) is 14.7 Å². The molecule has 2 aromatic rings. The topological polar surface area (TPSA) is 80.9 Å². The Morgan fingerprint density at radius 1 is 1.53 bits per heavy atom. The fourth-order valence-electron chi connectivity index (χ4n) is 1.46. The summed E-state index contributed by atoms with van der Waals surface area (Å²) in [6.45, 7) is 1.73. The zero-order valence-electron chi connectivity index (χ0n) is 9.08. The van der Waals surface area contributed by atoms with Gasteiger partial charge < -0.3 is 9.84 Å². The largest absolute Gasteiger partial charge is 0.492 e. The molecule has 0 unspecified atom stereocenters. The van der Waals surface area contributed by atoms with Crippen molar-refractivity contribution in [1.82, 2.24) is 9.38 Å². The number of fused-ring (bicyclic) bond motifs is 1. The van der Waals surface area contributed by atoms with Gasteiger partial charge in [0.25, 0.3) is 5.56 Å². The molecule has 0 bridgehead atoms. The van der Waals surface area contributed by atoms with E-state index in [4.69, 9.17) is 0 Å². The van der Waals surface area contributed by atoms with Crippen LogP contribution in [0.2, 0.25) is 0 Å². The molecule has 6 nitrogen and oxygen atoms in total. The summed E-state index contributed by atoms with van der Waals surface area (Å²) in [5.41, 5.74) is -0.829. The normalized spacial score (nSPS) is 10.4. The lowest BCUT2D eigenvalue weighted by Crippen LogP contribution is -2.24. The minimum atomic E-state index is -0.874. The van der Waals surface area contributed by atoms with Crippen molar-refractivity contribution in [2.45, 2.75) is 6.92 Å². The van der Waals surface area contributed by atoms with Gasteiger partial charge in [-0.05, 0) is 19.1 Å². The average Bonchev–Trinajstić information content (AvgIpc) is 2.29. The maximum Gasteiger partial charge on any atom is 0.349 e. The molecule has 0 atom stereocenters. The highest BCUT2D eigenvalue weighted by Crippen LogP contribution is 2.11. The lowest BCUT2D eigenvalue weighted by molar-refractivity contribution is 0.0519. The van der Waals surface area contributed by atoms with E-state index in [0.717, 1.165) is 0 Å². The Hall–Kier alpha value is -2.37. The molecule has 0 amide bonds. The summed E-state index contributed by atoms with van der Waals surface area (Å²) < 4.78 is 5.86. The lowest BCUT2D eigenvalue weighted by atomic mass is 10.3. The molecule has 0 aliphatic carbocycles. The molecule has 88 valence electrons. The Morgan fingerprint density at radius 3 is 3.00 bits per heavy atom. The summed E-state index contributed by atoms with van der Waals surface area (Å²) in [5.74, 6) is -1.49. The van der Waals surface area contributed by atoms with Crippen molar-refractivity contribution in [3.8, 4) is 5.88 Å². The fraction of sp³-hybridized carbons (Fsp3) is 0.182. The molecule has 0 saturated carbocycles. The molecule has 2 rings (SSSR count). The molecule has 0 aromatic carbocycles. The Balaban J connectivity index is 2.72. The zero-order chi connectivity index (χ0) is 12.4. The highest BCUT2D eigenvalue weighted by atomic mass is 16.5. The van der Waals surface area contributed by atoms with Crippen LogP contribution < -0.4 is 5.56 Å². The molecule has 0 aliphatic rings. The van der Waals surface area contributed by atoms with Gasteiger partial charge in [-0.25, -0.2) is 4.79 Å². The maximum absolute atomic E-state index is 11.9. The zero-order valence-corrected chi connectivity index (χ0v) is 9.08. The molecule has 0 fully saturated rings. The first-order valence-electron chi connectivity index (χ1n) is 5.02. The van der Waals surface area contributed by atoms with Gasteiger partial charge in [0.1, 0.15) is 5.65 Å². The minimum Gasteiger partial charge on any atom is -0.492 e. The molecule has 17 heavy (non-hydrogen) atoms. The van der Waals surface area contributed by atoms with Gasteiger partial charge in [-0.2, -0.15) is 4.98 Å². The van der Waals surface area contributed by atoms with Crippen LogP contribution >= 0.6 is 0 Å². The van der Waals surface area contributed by atoms with E-state index < -0.39 is 23.0 Å². The average molecular weight is 234 g/mol. The third kappa shape index (κ3) is 1.84. The first kappa shape index (κ1) is 11.1. The number of hydrogen-bond acceptors (Lipinski definition) is 5. The Labute approximate surface area is 96.1 Å². The van der Waals surface area contributed by atoms with E-state index >= 15 is 0 Å². The van der Waals surface area contributed by atoms with Crippen molar-refractivity contribution < 1.29 is 14.6 Å². The standard InChI is InChI=1S/C11H10N2O4/c1-2-17-11(16)8-9(14)12-7-5-3-4-6-13(7)10(8)15/h3-6,14H,2H2,1H3. The first-order chi connectivity index (χ1) is 8.15. The van der Waals surface area contributed by atoms with Crippen LogP contribution in [0.4, 0.5) is 0 Å². The van der Waals surface area contributed by atoms with Crippen molar-refractivity contribution in [3.05, 3.63) is 40.3 Å². The van der Waals surface area contributed by atoms with Gasteiger partial charge in [-0.15, -0.1) is 0 Å². The van der Waals surface area contributed by atoms with E-state index in [0.29, 0.717) is 0 Å². The number of esters is 1. The van der Waals surface area contributed by atoms with Gasteiger partial charge >= 0.3 is 5.97 Å². The van der Waals surface area contributed by atoms with E-state index in [1.54, 1.807) is 25.1 Å². The SMILES string of the molecule is CCOC(=O)c1c(O)nc2ccccn2c1=O. The van der Waals surface area contributed by atoms with Crippen LogP contribution in [0.25, 0.3) is 5.65 Å². The van der Waals surface area contributed by atoms with Crippen LogP contribution in [0.15, 0.2) is 29.2 Å². The van der Waals surface area contributed by atoms with Crippen LogP contribution in [-0.4, -0.2) is 27.1 Å². The number of carbonyl (C=O) groups is 1. The number of rotatable bonds is 2. The molecular formula is C11H10N2O4. The van der Waals surface area contributed by atoms with Gasteiger partial charge in [0.05, 0.1) is 6.61 Å². The number of aromatic hydroxyl groups is 1.